The first-order chi connectivity index (χ1) is 12.2. The van der Waals surface area contributed by atoms with Gasteiger partial charge in [-0.15, -0.1) is 9.24 Å². The third-order valence-corrected chi connectivity index (χ3v) is 4.73. The van der Waals surface area contributed by atoms with Crippen molar-refractivity contribution in [2.45, 2.75) is 18.8 Å². The van der Waals surface area contributed by atoms with E-state index in [-0.39, 0.29) is 5.92 Å². The van der Waals surface area contributed by atoms with Gasteiger partial charge in [0.2, 0.25) is 0 Å². The summed E-state index contributed by atoms with van der Waals surface area (Å²) in [5.74, 6) is 3.27. The van der Waals surface area contributed by atoms with E-state index in [2.05, 4.69) is 9.24 Å². The Bertz CT molecular complexity index is 587. The molecular weight excluding hydrogens is 335 g/mol. The van der Waals surface area contributed by atoms with Crippen LogP contribution in [-0.4, -0.2) is 34.6 Å². The standard InChI is InChI=1S/C20H27O4P/c1-21-15-9-5-10-16(22-2)19(15)14(8-7-13-25)20-17(23-3)11-6-12-18(20)24-4/h5-6,9-12,14H,7-8,13,25H2,1-4H3. The molecule has 2 aromatic carbocycles. The second kappa shape index (κ2) is 9.53. The van der Waals surface area contributed by atoms with Crippen molar-refractivity contribution in [2.75, 3.05) is 34.6 Å². The monoisotopic (exact) mass is 362 g/mol. The van der Waals surface area contributed by atoms with Gasteiger partial charge in [0.15, 0.2) is 0 Å². The SMILES string of the molecule is COc1cccc(OC)c1C(CCCP)c1c(OC)cccc1OC. The smallest absolute Gasteiger partial charge is 0.126 e. The van der Waals surface area contributed by atoms with Crippen LogP contribution in [0.4, 0.5) is 0 Å². The van der Waals surface area contributed by atoms with Crippen LogP contribution in [0.1, 0.15) is 29.9 Å². The fourth-order valence-corrected chi connectivity index (χ4v) is 3.44. The maximum absolute atomic E-state index is 5.65. The summed E-state index contributed by atoms with van der Waals surface area (Å²) in [4.78, 5) is 0. The Labute approximate surface area is 152 Å². The van der Waals surface area contributed by atoms with Crippen LogP contribution in [0.2, 0.25) is 0 Å². The molecule has 0 aliphatic carbocycles. The summed E-state index contributed by atoms with van der Waals surface area (Å²) in [7, 11) is 9.53. The summed E-state index contributed by atoms with van der Waals surface area (Å²) in [5.41, 5.74) is 2.04. The van der Waals surface area contributed by atoms with E-state index in [9.17, 15) is 0 Å². The van der Waals surface area contributed by atoms with Crippen LogP contribution >= 0.6 is 9.24 Å². The molecule has 0 aromatic heterocycles. The molecule has 0 spiro atoms. The highest BCUT2D eigenvalue weighted by atomic mass is 31.0. The fourth-order valence-electron chi connectivity index (χ4n) is 3.20. The van der Waals surface area contributed by atoms with Crippen molar-refractivity contribution in [1.29, 1.82) is 0 Å². The van der Waals surface area contributed by atoms with Crippen LogP contribution in [0.5, 0.6) is 23.0 Å². The lowest BCUT2D eigenvalue weighted by Gasteiger charge is -2.25. The maximum Gasteiger partial charge on any atom is 0.126 e. The highest BCUT2D eigenvalue weighted by Gasteiger charge is 2.28. The Morgan fingerprint density at radius 2 is 1.08 bits per heavy atom. The first-order valence-electron chi connectivity index (χ1n) is 8.33. The first-order valence-corrected chi connectivity index (χ1v) is 9.15. The van der Waals surface area contributed by atoms with Gasteiger partial charge in [0.25, 0.3) is 0 Å². The summed E-state index contributed by atoms with van der Waals surface area (Å²) >= 11 is 0. The average Bonchev–Trinajstić information content (AvgIpc) is 2.67. The van der Waals surface area contributed by atoms with Gasteiger partial charge in [-0.25, -0.2) is 0 Å². The number of rotatable bonds is 9. The third kappa shape index (κ3) is 4.19. The van der Waals surface area contributed by atoms with Gasteiger partial charge >= 0.3 is 0 Å². The van der Waals surface area contributed by atoms with Crippen molar-refractivity contribution in [2.24, 2.45) is 0 Å². The van der Waals surface area contributed by atoms with Crippen molar-refractivity contribution in [3.63, 3.8) is 0 Å². The van der Waals surface area contributed by atoms with Crippen LogP contribution in [0.3, 0.4) is 0 Å². The molecule has 2 aromatic rings. The van der Waals surface area contributed by atoms with Crippen LogP contribution < -0.4 is 18.9 Å². The lowest BCUT2D eigenvalue weighted by molar-refractivity contribution is 0.366. The van der Waals surface area contributed by atoms with Gasteiger partial charge in [-0.2, -0.15) is 0 Å². The molecule has 25 heavy (non-hydrogen) atoms. The van der Waals surface area contributed by atoms with Crippen LogP contribution in [0.15, 0.2) is 36.4 Å². The third-order valence-electron chi connectivity index (χ3n) is 4.33. The number of ether oxygens (including phenoxy) is 4. The number of methoxy groups -OCH3 is 4. The predicted octanol–water partition coefficient (Wildman–Crippen LogP) is 4.51. The van der Waals surface area contributed by atoms with E-state index in [1.54, 1.807) is 28.4 Å². The molecule has 0 aliphatic heterocycles. The summed E-state index contributed by atoms with van der Waals surface area (Å²) in [5, 5.41) is 0. The molecule has 0 saturated carbocycles. The molecule has 0 bridgehead atoms. The molecule has 2 rings (SSSR count). The lowest BCUT2D eigenvalue weighted by Crippen LogP contribution is -2.09. The minimum absolute atomic E-state index is 0.0396. The molecule has 1 unspecified atom stereocenters. The average molecular weight is 362 g/mol. The Kier molecular flexibility index (Phi) is 7.39. The summed E-state index contributed by atoms with van der Waals surface area (Å²) in [6.45, 7) is 0. The van der Waals surface area contributed by atoms with E-state index in [1.807, 2.05) is 36.4 Å². The summed E-state index contributed by atoms with van der Waals surface area (Å²) in [6.07, 6.45) is 2.99. The first kappa shape index (κ1) is 19.4. The van der Waals surface area contributed by atoms with Gasteiger partial charge in [0.1, 0.15) is 23.0 Å². The van der Waals surface area contributed by atoms with Gasteiger partial charge in [0.05, 0.1) is 28.4 Å². The normalized spacial score (nSPS) is 10.6. The van der Waals surface area contributed by atoms with E-state index in [0.717, 1.165) is 53.1 Å². The van der Waals surface area contributed by atoms with Crippen LogP contribution in [0.25, 0.3) is 0 Å². The quantitative estimate of drug-likeness (QED) is 0.615. The molecule has 136 valence electrons. The highest BCUT2D eigenvalue weighted by Crippen LogP contribution is 2.47. The van der Waals surface area contributed by atoms with E-state index >= 15 is 0 Å². The van der Waals surface area contributed by atoms with Crippen LogP contribution in [-0.2, 0) is 0 Å². The molecule has 0 amide bonds. The number of benzene rings is 2. The Balaban J connectivity index is 2.71. The second-order valence-electron chi connectivity index (χ2n) is 5.64. The van der Waals surface area contributed by atoms with E-state index < -0.39 is 0 Å². The zero-order valence-electron chi connectivity index (χ0n) is 15.4. The van der Waals surface area contributed by atoms with Gasteiger partial charge in [-0.3, -0.25) is 0 Å². The second-order valence-corrected chi connectivity index (χ2v) is 6.21. The predicted molar refractivity (Wildman–Crippen MR) is 105 cm³/mol. The summed E-state index contributed by atoms with van der Waals surface area (Å²) in [6, 6.07) is 11.7. The fraction of sp³-hybridized carbons (Fsp3) is 0.400. The van der Waals surface area contributed by atoms with Crippen molar-refractivity contribution in [1.82, 2.24) is 0 Å². The molecule has 1 atom stereocenters. The molecule has 4 nitrogen and oxygen atoms in total. The van der Waals surface area contributed by atoms with Gasteiger partial charge in [-0.05, 0) is 43.3 Å². The van der Waals surface area contributed by atoms with E-state index in [0.29, 0.717) is 0 Å². The van der Waals surface area contributed by atoms with Crippen molar-refractivity contribution < 1.29 is 18.9 Å². The Morgan fingerprint density at radius 3 is 1.36 bits per heavy atom. The zero-order valence-corrected chi connectivity index (χ0v) is 16.5. The highest BCUT2D eigenvalue weighted by molar-refractivity contribution is 7.16. The van der Waals surface area contributed by atoms with Crippen molar-refractivity contribution in [3.05, 3.63) is 47.5 Å². The maximum atomic E-state index is 5.65. The largest absolute Gasteiger partial charge is 0.496 e. The minimum atomic E-state index is 0.0396. The van der Waals surface area contributed by atoms with Crippen molar-refractivity contribution >= 4 is 9.24 Å². The minimum Gasteiger partial charge on any atom is -0.496 e. The van der Waals surface area contributed by atoms with E-state index in [1.165, 1.54) is 0 Å². The van der Waals surface area contributed by atoms with Gasteiger partial charge in [0, 0.05) is 17.0 Å². The molecular formula is C20H27O4P. The van der Waals surface area contributed by atoms with Gasteiger partial charge < -0.3 is 18.9 Å². The lowest BCUT2D eigenvalue weighted by atomic mass is 9.85. The molecule has 0 N–H and O–H groups in total. The summed E-state index contributed by atoms with van der Waals surface area (Å²) < 4.78 is 22.6. The van der Waals surface area contributed by atoms with Crippen molar-refractivity contribution in [3.8, 4) is 23.0 Å². The van der Waals surface area contributed by atoms with E-state index in [4.69, 9.17) is 18.9 Å². The van der Waals surface area contributed by atoms with Gasteiger partial charge in [-0.1, -0.05) is 12.1 Å². The molecule has 0 aliphatic rings. The topological polar surface area (TPSA) is 36.9 Å². The zero-order chi connectivity index (χ0) is 18.2. The number of hydrogen-bond donors (Lipinski definition) is 0. The number of hydrogen-bond acceptors (Lipinski definition) is 4. The Morgan fingerprint density at radius 1 is 0.720 bits per heavy atom. The molecule has 0 fully saturated rings. The molecule has 0 saturated heterocycles. The Hall–Kier alpha value is -1.93. The molecule has 5 heteroatoms. The molecule has 0 heterocycles. The van der Waals surface area contributed by atoms with Crippen LogP contribution in [0, 0.1) is 0 Å². The molecule has 0 radical (unpaired) electrons.